The molecule has 0 radical (unpaired) electrons. The Morgan fingerprint density at radius 2 is 2.24 bits per heavy atom. The molecule has 2 heterocycles. The lowest BCUT2D eigenvalue weighted by Crippen LogP contribution is -2.52. The molecule has 1 saturated heterocycles. The number of aryl methyl sites for hydroxylation is 2. The van der Waals surface area contributed by atoms with E-state index in [1.54, 1.807) is 0 Å². The summed E-state index contributed by atoms with van der Waals surface area (Å²) in [4.78, 5) is 2.91. The molecule has 0 spiro atoms. The summed E-state index contributed by atoms with van der Waals surface area (Å²) in [6.07, 6.45) is 3.99. The number of hydrogen-bond donors (Lipinski definition) is 2. The second-order valence-corrected chi connectivity index (χ2v) is 6.84. The lowest BCUT2D eigenvalue weighted by molar-refractivity contribution is 0.267. The minimum absolute atomic E-state index is 0.305. The summed E-state index contributed by atoms with van der Waals surface area (Å²) < 4.78 is 0. The predicted molar refractivity (Wildman–Crippen MR) is 75.8 cm³/mol. The van der Waals surface area contributed by atoms with Gasteiger partial charge in [-0.3, -0.25) is 0 Å². The zero-order chi connectivity index (χ0) is 12.3. The van der Waals surface area contributed by atoms with Crippen molar-refractivity contribution < 1.29 is 0 Å². The van der Waals surface area contributed by atoms with Crippen LogP contribution in [0.15, 0.2) is 6.07 Å². The van der Waals surface area contributed by atoms with E-state index in [0.717, 1.165) is 13.1 Å². The van der Waals surface area contributed by atoms with Gasteiger partial charge in [-0.05, 0) is 51.8 Å². The Morgan fingerprint density at radius 1 is 1.41 bits per heavy atom. The SMILES string of the molecule is Cc1cc(CNCC2(C)CCCCN2)sc1C. The van der Waals surface area contributed by atoms with Gasteiger partial charge in [0.1, 0.15) is 0 Å². The van der Waals surface area contributed by atoms with E-state index >= 15 is 0 Å². The Labute approximate surface area is 109 Å². The Hall–Kier alpha value is -0.380. The van der Waals surface area contributed by atoms with E-state index in [9.17, 15) is 0 Å². The van der Waals surface area contributed by atoms with Crippen LogP contribution < -0.4 is 10.6 Å². The molecule has 3 heteroatoms. The average molecular weight is 252 g/mol. The molecule has 2 rings (SSSR count). The third-order valence-electron chi connectivity index (χ3n) is 3.74. The lowest BCUT2D eigenvalue weighted by atomic mass is 9.91. The standard InChI is InChI=1S/C14H24N2S/c1-11-8-13(17-12(11)2)9-15-10-14(3)6-4-5-7-16-14/h8,15-16H,4-7,9-10H2,1-3H3. The van der Waals surface area contributed by atoms with Gasteiger partial charge in [-0.1, -0.05) is 6.42 Å². The Balaban J connectivity index is 1.78. The highest BCUT2D eigenvalue weighted by atomic mass is 32.1. The topological polar surface area (TPSA) is 24.1 Å². The molecule has 0 aromatic carbocycles. The molecule has 96 valence electrons. The van der Waals surface area contributed by atoms with Crippen LogP contribution in [0.25, 0.3) is 0 Å². The van der Waals surface area contributed by atoms with Gasteiger partial charge in [-0.15, -0.1) is 11.3 Å². The highest BCUT2D eigenvalue weighted by molar-refractivity contribution is 7.12. The molecule has 0 amide bonds. The minimum Gasteiger partial charge on any atom is -0.310 e. The monoisotopic (exact) mass is 252 g/mol. The number of thiophene rings is 1. The minimum atomic E-state index is 0.305. The first-order valence-corrected chi connectivity index (χ1v) is 7.42. The van der Waals surface area contributed by atoms with Crippen molar-refractivity contribution >= 4 is 11.3 Å². The Kier molecular flexibility index (Phi) is 4.23. The van der Waals surface area contributed by atoms with Crippen molar-refractivity contribution in [3.63, 3.8) is 0 Å². The van der Waals surface area contributed by atoms with E-state index in [1.807, 2.05) is 11.3 Å². The number of hydrogen-bond acceptors (Lipinski definition) is 3. The fourth-order valence-electron chi connectivity index (χ4n) is 2.47. The molecule has 1 aliphatic heterocycles. The van der Waals surface area contributed by atoms with Crippen LogP contribution in [0.2, 0.25) is 0 Å². The maximum absolute atomic E-state index is 3.64. The second-order valence-electron chi connectivity index (χ2n) is 5.50. The van der Waals surface area contributed by atoms with E-state index in [4.69, 9.17) is 0 Å². The highest BCUT2D eigenvalue weighted by Crippen LogP contribution is 2.21. The van der Waals surface area contributed by atoms with Gasteiger partial charge in [0, 0.05) is 28.4 Å². The Bertz CT molecular complexity index is 345. The first-order chi connectivity index (χ1) is 8.09. The molecule has 1 fully saturated rings. The molecular formula is C14H24N2S. The molecular weight excluding hydrogens is 228 g/mol. The molecule has 0 aliphatic carbocycles. The average Bonchev–Trinajstić information content (AvgIpc) is 2.59. The molecule has 2 N–H and O–H groups in total. The molecule has 1 unspecified atom stereocenters. The van der Waals surface area contributed by atoms with Crippen LogP contribution in [0, 0.1) is 13.8 Å². The van der Waals surface area contributed by atoms with Crippen molar-refractivity contribution in [1.82, 2.24) is 10.6 Å². The van der Waals surface area contributed by atoms with E-state index in [-0.39, 0.29) is 0 Å². The van der Waals surface area contributed by atoms with Crippen LogP contribution in [-0.2, 0) is 6.54 Å². The maximum atomic E-state index is 3.64. The van der Waals surface area contributed by atoms with Gasteiger partial charge in [0.15, 0.2) is 0 Å². The van der Waals surface area contributed by atoms with Crippen LogP contribution in [-0.4, -0.2) is 18.6 Å². The van der Waals surface area contributed by atoms with Gasteiger partial charge in [-0.25, -0.2) is 0 Å². The highest BCUT2D eigenvalue weighted by Gasteiger charge is 2.25. The van der Waals surface area contributed by atoms with Crippen LogP contribution in [0.4, 0.5) is 0 Å². The number of rotatable bonds is 4. The first-order valence-electron chi connectivity index (χ1n) is 6.61. The van der Waals surface area contributed by atoms with Crippen molar-refractivity contribution in [3.05, 3.63) is 21.4 Å². The summed E-state index contributed by atoms with van der Waals surface area (Å²) >= 11 is 1.92. The van der Waals surface area contributed by atoms with Gasteiger partial charge in [0.05, 0.1) is 0 Å². The van der Waals surface area contributed by atoms with Crippen molar-refractivity contribution in [1.29, 1.82) is 0 Å². The maximum Gasteiger partial charge on any atom is 0.0300 e. The van der Waals surface area contributed by atoms with Crippen LogP contribution in [0.3, 0.4) is 0 Å². The van der Waals surface area contributed by atoms with Crippen LogP contribution in [0.5, 0.6) is 0 Å². The fourth-order valence-corrected chi connectivity index (χ4v) is 3.49. The van der Waals surface area contributed by atoms with Crippen LogP contribution >= 0.6 is 11.3 Å². The summed E-state index contributed by atoms with van der Waals surface area (Å²) in [6.45, 7) is 9.99. The van der Waals surface area contributed by atoms with Gasteiger partial charge in [0.25, 0.3) is 0 Å². The van der Waals surface area contributed by atoms with Gasteiger partial charge >= 0.3 is 0 Å². The molecule has 1 aromatic heterocycles. The van der Waals surface area contributed by atoms with Crippen molar-refractivity contribution in [3.8, 4) is 0 Å². The molecule has 1 atom stereocenters. The van der Waals surface area contributed by atoms with Gasteiger partial charge < -0.3 is 10.6 Å². The third-order valence-corrected chi connectivity index (χ3v) is 4.89. The first kappa shape index (κ1) is 13.1. The van der Waals surface area contributed by atoms with Gasteiger partial charge in [-0.2, -0.15) is 0 Å². The number of piperidine rings is 1. The van der Waals surface area contributed by atoms with Crippen molar-refractivity contribution in [2.45, 2.75) is 52.1 Å². The summed E-state index contributed by atoms with van der Waals surface area (Å²) in [7, 11) is 0. The van der Waals surface area contributed by atoms with Crippen molar-refractivity contribution in [2.24, 2.45) is 0 Å². The fraction of sp³-hybridized carbons (Fsp3) is 0.714. The molecule has 1 aliphatic rings. The van der Waals surface area contributed by atoms with Crippen molar-refractivity contribution in [2.75, 3.05) is 13.1 Å². The summed E-state index contributed by atoms with van der Waals surface area (Å²) in [5, 5.41) is 7.24. The smallest absolute Gasteiger partial charge is 0.0300 e. The van der Waals surface area contributed by atoms with E-state index < -0.39 is 0 Å². The van der Waals surface area contributed by atoms with E-state index in [0.29, 0.717) is 5.54 Å². The summed E-state index contributed by atoms with van der Waals surface area (Å²) in [5.41, 5.74) is 1.73. The molecule has 0 bridgehead atoms. The molecule has 1 aromatic rings. The Morgan fingerprint density at radius 3 is 2.82 bits per heavy atom. The van der Waals surface area contributed by atoms with E-state index in [1.165, 1.54) is 41.1 Å². The zero-order valence-corrected chi connectivity index (χ0v) is 12.0. The summed E-state index contributed by atoms with van der Waals surface area (Å²) in [5.74, 6) is 0. The lowest BCUT2D eigenvalue weighted by Gasteiger charge is -2.35. The normalized spacial score (nSPS) is 25.1. The van der Waals surface area contributed by atoms with E-state index in [2.05, 4.69) is 37.5 Å². The molecule has 2 nitrogen and oxygen atoms in total. The third kappa shape index (κ3) is 3.54. The second kappa shape index (κ2) is 5.51. The number of nitrogens with one attached hydrogen (secondary N) is 2. The molecule has 17 heavy (non-hydrogen) atoms. The zero-order valence-electron chi connectivity index (χ0n) is 11.2. The predicted octanol–water partition coefficient (Wildman–Crippen LogP) is 2.99. The van der Waals surface area contributed by atoms with Crippen LogP contribution in [0.1, 0.15) is 41.5 Å². The largest absolute Gasteiger partial charge is 0.310 e. The summed E-state index contributed by atoms with van der Waals surface area (Å²) in [6, 6.07) is 2.31. The van der Waals surface area contributed by atoms with Gasteiger partial charge in [0.2, 0.25) is 0 Å². The quantitative estimate of drug-likeness (QED) is 0.861. The molecule has 0 saturated carbocycles.